The summed E-state index contributed by atoms with van der Waals surface area (Å²) in [4.78, 5) is 16.5. The Balaban J connectivity index is 2.28. The van der Waals surface area contributed by atoms with E-state index in [4.69, 9.17) is 4.74 Å². The third kappa shape index (κ3) is 2.74. The van der Waals surface area contributed by atoms with Crippen molar-refractivity contribution in [2.24, 2.45) is 0 Å². The lowest BCUT2D eigenvalue weighted by Gasteiger charge is -2.29. The van der Waals surface area contributed by atoms with Crippen molar-refractivity contribution in [1.29, 1.82) is 0 Å². The summed E-state index contributed by atoms with van der Waals surface area (Å²) in [6, 6.07) is 0. The van der Waals surface area contributed by atoms with Crippen LogP contribution in [0, 0.1) is 0 Å². The quantitative estimate of drug-likeness (QED) is 0.797. The molecule has 98 valence electrons. The average Bonchev–Trinajstić information content (AvgIpc) is 2.26. The van der Waals surface area contributed by atoms with Gasteiger partial charge in [-0.1, -0.05) is 0 Å². The van der Waals surface area contributed by atoms with Gasteiger partial charge in [-0.15, -0.1) is 0 Å². The van der Waals surface area contributed by atoms with E-state index in [0.717, 1.165) is 4.90 Å². The molecule has 2 heterocycles. The number of rotatable bonds is 1. The predicted octanol–water partition coefficient (Wildman–Crippen LogP) is 2.52. The van der Waals surface area contributed by atoms with Crippen molar-refractivity contribution in [3.63, 3.8) is 0 Å². The van der Waals surface area contributed by atoms with Crippen LogP contribution in [-0.4, -0.2) is 30.2 Å². The summed E-state index contributed by atoms with van der Waals surface area (Å²) in [6.07, 6.45) is -3.24. The molecule has 0 saturated heterocycles. The molecule has 0 spiro atoms. The first-order valence-electron chi connectivity index (χ1n) is 5.02. The number of amides is 1. The van der Waals surface area contributed by atoms with Crippen molar-refractivity contribution < 1.29 is 22.7 Å². The smallest absolute Gasteiger partial charge is 0.397 e. The molecule has 2 rings (SSSR count). The van der Waals surface area contributed by atoms with Gasteiger partial charge in [0.25, 0.3) is 0 Å². The van der Waals surface area contributed by atoms with Crippen LogP contribution in [0.3, 0.4) is 0 Å². The molecule has 0 aromatic carbocycles. The van der Waals surface area contributed by atoms with Gasteiger partial charge in [-0.3, -0.25) is 9.78 Å². The predicted molar refractivity (Wildman–Crippen MR) is 60.5 cm³/mol. The van der Waals surface area contributed by atoms with Crippen LogP contribution in [0.1, 0.15) is 6.42 Å². The maximum absolute atomic E-state index is 12.2. The number of alkyl halides is 3. The Hall–Kier alpha value is -1.31. The van der Waals surface area contributed by atoms with E-state index in [1.807, 2.05) is 0 Å². The lowest BCUT2D eigenvalue weighted by atomic mass is 10.2. The molecule has 1 aliphatic heterocycles. The number of anilines is 1. The molecule has 1 aliphatic rings. The van der Waals surface area contributed by atoms with E-state index in [9.17, 15) is 18.0 Å². The van der Waals surface area contributed by atoms with E-state index < -0.39 is 18.5 Å². The maximum Gasteiger partial charge on any atom is 0.397 e. The zero-order chi connectivity index (χ0) is 13.3. The molecule has 18 heavy (non-hydrogen) atoms. The largest absolute Gasteiger partial charge is 0.488 e. The number of carbonyl (C=O) groups excluding carboxylic acids is 1. The Morgan fingerprint density at radius 2 is 2.22 bits per heavy atom. The third-order valence-electron chi connectivity index (χ3n) is 2.34. The molecule has 1 aromatic rings. The highest BCUT2D eigenvalue weighted by atomic mass is 79.9. The van der Waals surface area contributed by atoms with Crippen molar-refractivity contribution in [2.75, 3.05) is 18.1 Å². The fraction of sp³-hybridized carbons (Fsp3) is 0.400. The van der Waals surface area contributed by atoms with Gasteiger partial charge in [0.15, 0.2) is 5.75 Å². The van der Waals surface area contributed by atoms with Crippen LogP contribution < -0.4 is 9.64 Å². The monoisotopic (exact) mass is 324 g/mol. The molecule has 0 unspecified atom stereocenters. The Bertz CT molecular complexity index is 479. The van der Waals surface area contributed by atoms with Gasteiger partial charge in [-0.25, -0.2) is 0 Å². The van der Waals surface area contributed by atoms with Gasteiger partial charge in [0, 0.05) is 6.20 Å². The van der Waals surface area contributed by atoms with Crippen LogP contribution >= 0.6 is 15.9 Å². The topological polar surface area (TPSA) is 42.4 Å². The number of aromatic nitrogens is 1. The van der Waals surface area contributed by atoms with E-state index in [-0.39, 0.29) is 18.8 Å². The molecule has 0 bridgehead atoms. The Labute approximate surface area is 109 Å². The number of nitrogens with zero attached hydrogens (tertiary/aromatic N) is 2. The van der Waals surface area contributed by atoms with Crippen LogP contribution in [-0.2, 0) is 4.79 Å². The molecular formula is C10H8BrF3N2O2. The van der Waals surface area contributed by atoms with E-state index in [1.54, 1.807) is 0 Å². The summed E-state index contributed by atoms with van der Waals surface area (Å²) in [5.41, 5.74) is 0.255. The Kier molecular flexibility index (Phi) is 3.47. The summed E-state index contributed by atoms with van der Waals surface area (Å²) in [6.45, 7) is 0.235. The van der Waals surface area contributed by atoms with Crippen molar-refractivity contribution in [3.05, 3.63) is 16.9 Å². The second-order valence-corrected chi connectivity index (χ2v) is 4.51. The summed E-state index contributed by atoms with van der Waals surface area (Å²) in [5, 5.41) is 0. The SMILES string of the molecule is O=C(CC(F)(F)F)N1CCOc2c(Br)cncc21. The number of hydrogen-bond donors (Lipinski definition) is 0. The van der Waals surface area contributed by atoms with Crippen molar-refractivity contribution in [2.45, 2.75) is 12.6 Å². The van der Waals surface area contributed by atoms with E-state index in [2.05, 4.69) is 20.9 Å². The molecule has 0 radical (unpaired) electrons. The minimum absolute atomic E-state index is 0.0834. The summed E-state index contributed by atoms with van der Waals surface area (Å²) in [7, 11) is 0. The summed E-state index contributed by atoms with van der Waals surface area (Å²) >= 11 is 3.17. The zero-order valence-corrected chi connectivity index (χ0v) is 10.6. The molecule has 0 N–H and O–H groups in total. The first-order valence-corrected chi connectivity index (χ1v) is 5.81. The van der Waals surface area contributed by atoms with Crippen LogP contribution in [0.5, 0.6) is 5.75 Å². The van der Waals surface area contributed by atoms with Crippen molar-refractivity contribution >= 4 is 27.5 Å². The Morgan fingerprint density at radius 3 is 2.89 bits per heavy atom. The van der Waals surface area contributed by atoms with Crippen LogP contribution in [0.2, 0.25) is 0 Å². The van der Waals surface area contributed by atoms with Crippen LogP contribution in [0.4, 0.5) is 18.9 Å². The molecule has 4 nitrogen and oxygen atoms in total. The molecule has 0 atom stereocenters. The Morgan fingerprint density at radius 1 is 1.50 bits per heavy atom. The number of fused-ring (bicyclic) bond motifs is 1. The summed E-state index contributed by atoms with van der Waals surface area (Å²) < 4.78 is 42.4. The highest BCUT2D eigenvalue weighted by Gasteiger charge is 2.36. The molecule has 0 saturated carbocycles. The van der Waals surface area contributed by atoms with Gasteiger partial charge in [0.05, 0.1) is 17.2 Å². The standard InChI is InChI=1S/C10H8BrF3N2O2/c11-6-4-15-5-7-9(6)18-2-1-16(7)8(17)3-10(12,13)14/h4-5H,1-3H2. The maximum atomic E-state index is 12.2. The molecule has 8 heteroatoms. The first-order chi connectivity index (χ1) is 8.38. The average molecular weight is 325 g/mol. The van der Waals surface area contributed by atoms with Crippen LogP contribution in [0.15, 0.2) is 16.9 Å². The molecule has 1 aromatic heterocycles. The van der Waals surface area contributed by atoms with E-state index in [1.165, 1.54) is 12.4 Å². The zero-order valence-electron chi connectivity index (χ0n) is 9.00. The molecule has 1 amide bonds. The number of hydrogen-bond acceptors (Lipinski definition) is 3. The molecule has 0 fully saturated rings. The van der Waals surface area contributed by atoms with Crippen molar-refractivity contribution in [1.82, 2.24) is 4.98 Å². The minimum atomic E-state index is -4.52. The van der Waals surface area contributed by atoms with Gasteiger partial charge >= 0.3 is 6.18 Å². The number of pyridine rings is 1. The van der Waals surface area contributed by atoms with E-state index >= 15 is 0 Å². The summed E-state index contributed by atoms with van der Waals surface area (Å²) in [5.74, 6) is -0.668. The van der Waals surface area contributed by atoms with Gasteiger partial charge in [-0.2, -0.15) is 13.2 Å². The molecular weight excluding hydrogens is 317 g/mol. The van der Waals surface area contributed by atoms with Gasteiger partial charge < -0.3 is 9.64 Å². The lowest BCUT2D eigenvalue weighted by molar-refractivity contribution is -0.152. The number of ether oxygens (including phenoxy) is 1. The highest BCUT2D eigenvalue weighted by molar-refractivity contribution is 9.10. The highest BCUT2D eigenvalue weighted by Crippen LogP contribution is 2.37. The first kappa shape index (κ1) is 13.1. The number of carbonyl (C=O) groups is 1. The fourth-order valence-electron chi connectivity index (χ4n) is 1.63. The number of halogens is 4. The van der Waals surface area contributed by atoms with Gasteiger partial charge in [0.2, 0.25) is 5.91 Å². The van der Waals surface area contributed by atoms with E-state index in [0.29, 0.717) is 10.2 Å². The second-order valence-electron chi connectivity index (χ2n) is 3.66. The van der Waals surface area contributed by atoms with Gasteiger partial charge in [0.1, 0.15) is 18.7 Å². The van der Waals surface area contributed by atoms with Crippen molar-refractivity contribution in [3.8, 4) is 5.75 Å². The van der Waals surface area contributed by atoms with Crippen LogP contribution in [0.25, 0.3) is 0 Å². The molecule has 0 aliphatic carbocycles. The van der Waals surface area contributed by atoms with Gasteiger partial charge in [-0.05, 0) is 15.9 Å². The fourth-order valence-corrected chi connectivity index (χ4v) is 2.07. The lowest BCUT2D eigenvalue weighted by Crippen LogP contribution is -2.40. The minimum Gasteiger partial charge on any atom is -0.488 e. The second kappa shape index (κ2) is 4.75. The third-order valence-corrected chi connectivity index (χ3v) is 2.90. The normalized spacial score (nSPS) is 15.0.